The van der Waals surface area contributed by atoms with Crippen molar-refractivity contribution in [1.82, 2.24) is 24.4 Å². The van der Waals surface area contributed by atoms with Crippen LogP contribution in [-0.4, -0.2) is 40.0 Å². The van der Waals surface area contributed by atoms with Gasteiger partial charge in [-0.25, -0.2) is 23.2 Å². The van der Waals surface area contributed by atoms with Crippen LogP contribution >= 0.6 is 11.8 Å². The molecule has 33 heavy (non-hydrogen) atoms. The Hall–Kier alpha value is -3.09. The van der Waals surface area contributed by atoms with Crippen LogP contribution in [0.2, 0.25) is 0 Å². The largest absolute Gasteiger partial charge is 0.497 e. The van der Waals surface area contributed by atoms with E-state index in [0.29, 0.717) is 22.3 Å². The highest BCUT2D eigenvalue weighted by molar-refractivity contribution is 7.98. The quantitative estimate of drug-likeness (QED) is 0.271. The number of hydrogen-bond acceptors (Lipinski definition) is 8. The van der Waals surface area contributed by atoms with Crippen molar-refractivity contribution < 1.29 is 13.2 Å². The van der Waals surface area contributed by atoms with E-state index in [1.807, 2.05) is 24.3 Å². The number of fused-ring (bicyclic) bond motifs is 1. The Kier molecular flexibility index (Phi) is 6.58. The molecule has 0 fully saturated rings. The summed E-state index contributed by atoms with van der Waals surface area (Å²) >= 11 is 1.41. The van der Waals surface area contributed by atoms with Gasteiger partial charge in [-0.15, -0.1) is 10.2 Å². The molecule has 2 aromatic heterocycles. The van der Waals surface area contributed by atoms with E-state index < -0.39 is 10.0 Å². The lowest BCUT2D eigenvalue weighted by Gasteiger charge is -2.09. The SMILES string of the molecule is CCCCn1c(CSc2nnc(-c3ccc(OC)cc3)n2N)nc2cc(S(N)(=O)=O)ccc21. The number of aromatic nitrogens is 5. The van der Waals surface area contributed by atoms with Gasteiger partial charge in [-0.2, -0.15) is 0 Å². The predicted octanol–water partition coefficient (Wildman–Crippen LogP) is 2.76. The first-order valence-corrected chi connectivity index (χ1v) is 12.8. The first-order valence-electron chi connectivity index (χ1n) is 10.3. The lowest BCUT2D eigenvalue weighted by Crippen LogP contribution is -2.12. The molecule has 2 aromatic carbocycles. The highest BCUT2D eigenvalue weighted by atomic mass is 32.2. The Morgan fingerprint density at radius 3 is 2.55 bits per heavy atom. The van der Waals surface area contributed by atoms with Crippen LogP contribution in [0, 0.1) is 0 Å². The highest BCUT2D eigenvalue weighted by Crippen LogP contribution is 2.28. The number of thioether (sulfide) groups is 1. The highest BCUT2D eigenvalue weighted by Gasteiger charge is 2.17. The molecule has 0 aliphatic heterocycles. The zero-order valence-corrected chi connectivity index (χ0v) is 19.9. The van der Waals surface area contributed by atoms with Crippen LogP contribution in [-0.2, 0) is 22.3 Å². The van der Waals surface area contributed by atoms with E-state index in [9.17, 15) is 8.42 Å². The van der Waals surface area contributed by atoms with E-state index in [2.05, 4.69) is 26.7 Å². The maximum atomic E-state index is 11.7. The van der Waals surface area contributed by atoms with E-state index >= 15 is 0 Å². The van der Waals surface area contributed by atoms with Crippen molar-refractivity contribution in [3.05, 3.63) is 48.3 Å². The van der Waals surface area contributed by atoms with E-state index in [1.165, 1.54) is 28.6 Å². The van der Waals surface area contributed by atoms with E-state index in [0.717, 1.165) is 42.0 Å². The van der Waals surface area contributed by atoms with E-state index in [-0.39, 0.29) is 4.90 Å². The number of methoxy groups -OCH3 is 1. The minimum absolute atomic E-state index is 0.0418. The van der Waals surface area contributed by atoms with Crippen molar-refractivity contribution in [1.29, 1.82) is 0 Å². The fraction of sp³-hybridized carbons (Fsp3) is 0.286. The Morgan fingerprint density at radius 2 is 1.88 bits per heavy atom. The molecule has 0 aliphatic carbocycles. The fourth-order valence-corrected chi connectivity index (χ4v) is 4.79. The summed E-state index contributed by atoms with van der Waals surface area (Å²) in [6, 6.07) is 12.2. The van der Waals surface area contributed by atoms with E-state index in [1.54, 1.807) is 13.2 Å². The molecule has 4 rings (SSSR count). The number of benzene rings is 2. The van der Waals surface area contributed by atoms with Gasteiger partial charge < -0.3 is 15.1 Å². The van der Waals surface area contributed by atoms with Gasteiger partial charge in [0.2, 0.25) is 15.2 Å². The normalized spacial score (nSPS) is 11.8. The number of sulfonamides is 1. The van der Waals surface area contributed by atoms with Gasteiger partial charge >= 0.3 is 0 Å². The van der Waals surface area contributed by atoms with Gasteiger partial charge in [-0.05, 0) is 48.9 Å². The second-order valence-electron chi connectivity index (χ2n) is 7.42. The van der Waals surface area contributed by atoms with Crippen molar-refractivity contribution in [3.63, 3.8) is 0 Å². The number of imidazole rings is 1. The van der Waals surface area contributed by atoms with Crippen molar-refractivity contribution in [3.8, 4) is 17.1 Å². The molecule has 174 valence electrons. The molecule has 10 nitrogen and oxygen atoms in total. The van der Waals surface area contributed by atoms with Crippen LogP contribution in [0.1, 0.15) is 25.6 Å². The van der Waals surface area contributed by atoms with Crippen molar-refractivity contribution in [2.75, 3.05) is 13.0 Å². The summed E-state index contributed by atoms with van der Waals surface area (Å²) in [5.74, 6) is 8.83. The van der Waals surface area contributed by atoms with Crippen LogP contribution in [0.4, 0.5) is 0 Å². The lowest BCUT2D eigenvalue weighted by molar-refractivity contribution is 0.415. The van der Waals surface area contributed by atoms with Crippen LogP contribution < -0.4 is 15.7 Å². The number of nitrogens with zero attached hydrogens (tertiary/aromatic N) is 5. The van der Waals surface area contributed by atoms with Crippen LogP contribution in [0.5, 0.6) is 5.75 Å². The molecule has 0 bridgehead atoms. The molecule has 2 heterocycles. The third kappa shape index (κ3) is 4.82. The molecule has 0 saturated carbocycles. The monoisotopic (exact) mass is 487 g/mol. The molecule has 12 heteroatoms. The van der Waals surface area contributed by atoms with Gasteiger partial charge in [0, 0.05) is 12.1 Å². The van der Waals surface area contributed by atoms with Crippen molar-refractivity contribution >= 4 is 32.8 Å². The number of ether oxygens (including phenoxy) is 1. The van der Waals surface area contributed by atoms with Crippen molar-refractivity contribution in [2.45, 2.75) is 42.1 Å². The maximum absolute atomic E-state index is 11.7. The van der Waals surface area contributed by atoms with Gasteiger partial charge in [0.1, 0.15) is 11.6 Å². The third-order valence-corrected chi connectivity index (χ3v) is 7.06. The summed E-state index contributed by atoms with van der Waals surface area (Å²) in [7, 11) is -2.19. The third-order valence-electron chi connectivity index (χ3n) is 5.21. The number of rotatable bonds is 9. The molecule has 0 spiro atoms. The molecular weight excluding hydrogens is 462 g/mol. The summed E-state index contributed by atoms with van der Waals surface area (Å²) in [4.78, 5) is 4.72. The zero-order valence-electron chi connectivity index (χ0n) is 18.3. The predicted molar refractivity (Wildman–Crippen MR) is 128 cm³/mol. The van der Waals surface area contributed by atoms with Gasteiger partial charge in [0.25, 0.3) is 0 Å². The average Bonchev–Trinajstić information content (AvgIpc) is 3.34. The molecule has 4 aromatic rings. The lowest BCUT2D eigenvalue weighted by atomic mass is 10.2. The van der Waals surface area contributed by atoms with Crippen molar-refractivity contribution in [2.24, 2.45) is 5.14 Å². The van der Waals surface area contributed by atoms with Crippen LogP contribution in [0.15, 0.2) is 52.5 Å². The summed E-state index contributed by atoms with van der Waals surface area (Å²) in [5, 5.41) is 14.3. The summed E-state index contributed by atoms with van der Waals surface area (Å²) in [6.45, 7) is 2.88. The first kappa shape index (κ1) is 23.1. The molecule has 0 unspecified atom stereocenters. The second kappa shape index (κ2) is 9.41. The van der Waals surface area contributed by atoms with E-state index in [4.69, 9.17) is 15.7 Å². The van der Waals surface area contributed by atoms with Gasteiger partial charge in [-0.3, -0.25) is 0 Å². The standard InChI is InChI=1S/C21H25N7O3S2/c1-3-4-11-27-18-10-9-16(33(23,29)30)12-17(18)24-19(27)13-32-21-26-25-20(28(21)22)14-5-7-15(31-2)8-6-14/h5-10,12H,3-4,11,13,22H2,1-2H3,(H2,23,29,30). The van der Waals surface area contributed by atoms with Gasteiger partial charge in [0.15, 0.2) is 5.82 Å². The number of hydrogen-bond donors (Lipinski definition) is 2. The zero-order chi connectivity index (χ0) is 23.6. The Balaban J connectivity index is 1.61. The topological polar surface area (TPSA) is 144 Å². The molecule has 0 saturated heterocycles. The smallest absolute Gasteiger partial charge is 0.238 e. The summed E-state index contributed by atoms with van der Waals surface area (Å²) in [5.41, 5.74) is 2.27. The summed E-state index contributed by atoms with van der Waals surface area (Å²) < 4.78 is 32.2. The molecule has 0 atom stereocenters. The van der Waals surface area contributed by atoms with Gasteiger partial charge in [0.05, 0.1) is 28.8 Å². The number of nitrogens with two attached hydrogens (primary N) is 2. The average molecular weight is 488 g/mol. The van der Waals surface area contributed by atoms with Crippen LogP contribution in [0.3, 0.4) is 0 Å². The molecule has 4 N–H and O–H groups in total. The number of nitrogen functional groups attached to an aromatic ring is 1. The molecular formula is C21H25N7O3S2. The Bertz CT molecular complexity index is 1380. The van der Waals surface area contributed by atoms with Gasteiger partial charge in [-0.1, -0.05) is 25.1 Å². The Labute approximate surface area is 196 Å². The Morgan fingerprint density at radius 1 is 1.12 bits per heavy atom. The fourth-order valence-electron chi connectivity index (χ4n) is 3.45. The number of primary sulfonamides is 1. The summed E-state index contributed by atoms with van der Waals surface area (Å²) in [6.07, 6.45) is 1.98. The molecule has 0 amide bonds. The molecule has 0 aliphatic rings. The second-order valence-corrected chi connectivity index (χ2v) is 9.93. The minimum Gasteiger partial charge on any atom is -0.497 e. The number of aryl methyl sites for hydroxylation is 1. The molecule has 0 radical (unpaired) electrons. The maximum Gasteiger partial charge on any atom is 0.238 e. The minimum atomic E-state index is -3.80. The van der Waals surface area contributed by atoms with Crippen LogP contribution in [0.25, 0.3) is 22.4 Å². The number of unbranched alkanes of at least 4 members (excludes halogenated alkanes) is 1. The first-order chi connectivity index (χ1) is 15.8.